The first kappa shape index (κ1) is 35.4. The molecule has 0 amide bonds. The van der Waals surface area contributed by atoms with Crippen LogP contribution in [0.25, 0.3) is 82.4 Å². The Bertz CT molecular complexity index is 3280. The second kappa shape index (κ2) is 14.5. The highest BCUT2D eigenvalue weighted by Crippen LogP contribution is 2.44. The number of fused-ring (bicyclic) bond motifs is 5. The van der Waals surface area contributed by atoms with Gasteiger partial charge in [-0.25, -0.2) is 8.78 Å². The highest BCUT2D eigenvalue weighted by atomic mass is 19.1. The van der Waals surface area contributed by atoms with Crippen molar-refractivity contribution in [1.82, 2.24) is 4.57 Å². The molecule has 0 aliphatic heterocycles. The van der Waals surface area contributed by atoms with Crippen LogP contribution in [0.15, 0.2) is 218 Å². The molecule has 0 bridgehead atoms. The minimum absolute atomic E-state index is 0.356. The number of para-hydroxylation sites is 1. The number of benzene rings is 10. The quantitative estimate of drug-likeness (QED) is 0.146. The maximum Gasteiger partial charge on any atom is 0.125 e. The van der Waals surface area contributed by atoms with Crippen LogP contribution in [0.1, 0.15) is 0 Å². The Morgan fingerprint density at radius 3 is 1.33 bits per heavy atom. The topological polar surface area (TPSA) is 8.17 Å². The summed E-state index contributed by atoms with van der Waals surface area (Å²) in [5.74, 6) is -0.713. The third-order valence-corrected chi connectivity index (χ3v) is 11.7. The van der Waals surface area contributed by atoms with E-state index in [0.29, 0.717) is 11.4 Å². The molecule has 0 aliphatic rings. The van der Waals surface area contributed by atoms with Crippen LogP contribution < -0.4 is 4.90 Å². The van der Waals surface area contributed by atoms with Crippen LogP contribution in [-0.4, -0.2) is 4.57 Å². The van der Waals surface area contributed by atoms with Crippen LogP contribution >= 0.6 is 0 Å². The number of hydrogen-bond acceptors (Lipinski definition) is 1. The van der Waals surface area contributed by atoms with E-state index in [9.17, 15) is 8.78 Å². The normalized spacial score (nSPS) is 11.5. The summed E-state index contributed by atoms with van der Waals surface area (Å²) in [6.45, 7) is 0. The van der Waals surface area contributed by atoms with Gasteiger partial charge in [0, 0.05) is 33.5 Å². The summed E-state index contributed by atoms with van der Waals surface area (Å²) in [5, 5.41) is 7.28. The molecule has 0 fully saturated rings. The maximum atomic E-state index is 14.4. The van der Waals surface area contributed by atoms with Crippen molar-refractivity contribution in [3.8, 4) is 39.1 Å². The lowest BCUT2D eigenvalue weighted by Crippen LogP contribution is -2.10. The maximum absolute atomic E-state index is 14.4. The molecule has 0 saturated carbocycles. The summed E-state index contributed by atoms with van der Waals surface area (Å²) in [7, 11) is 0. The molecule has 0 N–H and O–H groups in total. The summed E-state index contributed by atoms with van der Waals surface area (Å²) in [4.78, 5) is 1.86. The van der Waals surface area contributed by atoms with E-state index in [2.05, 4.69) is 162 Å². The third kappa shape index (κ3) is 6.00. The summed E-state index contributed by atoms with van der Waals surface area (Å²) < 4.78 is 31.2. The van der Waals surface area contributed by atoms with Gasteiger partial charge in [-0.15, -0.1) is 0 Å². The average Bonchev–Trinajstić information content (AvgIpc) is 3.63. The first-order valence-electron chi connectivity index (χ1n) is 20.1. The SMILES string of the molecule is Fc1cccc(N(c2ccc(-c3ccc4c(c3)c3ccccc3n4-c3ccc(-c4c5ccccc5c(-c5ccccc5)c5ccccc45)cc3)cc2)c2cccc(F)c2)c1. The summed E-state index contributed by atoms with van der Waals surface area (Å²) >= 11 is 0. The van der Waals surface area contributed by atoms with Crippen molar-refractivity contribution < 1.29 is 8.78 Å². The van der Waals surface area contributed by atoms with Gasteiger partial charge in [-0.05, 0) is 134 Å². The number of rotatable bonds is 7. The van der Waals surface area contributed by atoms with E-state index in [1.807, 2.05) is 29.2 Å². The molecule has 0 saturated heterocycles. The number of halogens is 2. The van der Waals surface area contributed by atoms with Gasteiger partial charge < -0.3 is 9.47 Å². The molecule has 60 heavy (non-hydrogen) atoms. The van der Waals surface area contributed by atoms with Crippen LogP contribution in [0.4, 0.5) is 25.8 Å². The van der Waals surface area contributed by atoms with E-state index in [1.54, 1.807) is 12.1 Å². The van der Waals surface area contributed by atoms with Crippen molar-refractivity contribution in [3.05, 3.63) is 230 Å². The monoisotopic (exact) mass is 774 g/mol. The fourth-order valence-electron chi connectivity index (χ4n) is 9.04. The Hall–Kier alpha value is -7.82. The lowest BCUT2D eigenvalue weighted by molar-refractivity contribution is 0.627. The van der Waals surface area contributed by atoms with Gasteiger partial charge in [0.05, 0.1) is 11.0 Å². The molecule has 10 aromatic carbocycles. The predicted molar refractivity (Wildman–Crippen MR) is 247 cm³/mol. The van der Waals surface area contributed by atoms with Gasteiger partial charge in [0.1, 0.15) is 11.6 Å². The van der Waals surface area contributed by atoms with Gasteiger partial charge in [0.15, 0.2) is 0 Å². The van der Waals surface area contributed by atoms with Gasteiger partial charge in [-0.1, -0.05) is 140 Å². The van der Waals surface area contributed by atoms with E-state index >= 15 is 0 Å². The molecule has 2 nitrogen and oxygen atoms in total. The highest BCUT2D eigenvalue weighted by molar-refractivity contribution is 6.21. The van der Waals surface area contributed by atoms with E-state index in [-0.39, 0.29) is 11.6 Å². The Morgan fingerprint density at radius 1 is 0.300 bits per heavy atom. The van der Waals surface area contributed by atoms with E-state index in [1.165, 1.54) is 73.5 Å². The van der Waals surface area contributed by atoms with Crippen molar-refractivity contribution in [1.29, 1.82) is 0 Å². The molecule has 11 aromatic rings. The summed E-state index contributed by atoms with van der Waals surface area (Å²) in [6, 6.07) is 73.3. The largest absolute Gasteiger partial charge is 0.310 e. The fraction of sp³-hybridized carbons (Fsp3) is 0. The van der Waals surface area contributed by atoms with E-state index in [0.717, 1.165) is 38.9 Å². The molecule has 0 unspecified atom stereocenters. The summed E-state index contributed by atoms with van der Waals surface area (Å²) in [5.41, 5.74) is 12.4. The number of hydrogen-bond donors (Lipinski definition) is 0. The Morgan fingerprint density at radius 2 is 0.767 bits per heavy atom. The van der Waals surface area contributed by atoms with E-state index in [4.69, 9.17) is 0 Å². The Balaban J connectivity index is 0.989. The van der Waals surface area contributed by atoms with Crippen molar-refractivity contribution >= 4 is 60.4 Å². The molecule has 0 radical (unpaired) electrons. The molecular formula is C56H36F2N2. The highest BCUT2D eigenvalue weighted by Gasteiger charge is 2.19. The van der Waals surface area contributed by atoms with Crippen molar-refractivity contribution in [2.75, 3.05) is 4.90 Å². The van der Waals surface area contributed by atoms with Crippen LogP contribution in [-0.2, 0) is 0 Å². The molecule has 0 spiro atoms. The molecule has 1 aromatic heterocycles. The number of anilines is 3. The van der Waals surface area contributed by atoms with E-state index < -0.39 is 0 Å². The van der Waals surface area contributed by atoms with Gasteiger partial charge in [-0.2, -0.15) is 0 Å². The van der Waals surface area contributed by atoms with Crippen LogP contribution in [0.2, 0.25) is 0 Å². The molecule has 11 rings (SSSR count). The number of nitrogens with zero attached hydrogens (tertiary/aromatic N) is 2. The smallest absolute Gasteiger partial charge is 0.125 e. The zero-order valence-corrected chi connectivity index (χ0v) is 32.4. The van der Waals surface area contributed by atoms with Crippen molar-refractivity contribution in [2.45, 2.75) is 0 Å². The predicted octanol–water partition coefficient (Wildman–Crippen LogP) is 15.8. The first-order chi connectivity index (χ1) is 29.6. The Kier molecular flexibility index (Phi) is 8.56. The molecule has 0 aliphatic carbocycles. The molecule has 0 atom stereocenters. The molecular weight excluding hydrogens is 739 g/mol. The second-order valence-corrected chi connectivity index (χ2v) is 15.2. The average molecular weight is 775 g/mol. The lowest BCUT2D eigenvalue weighted by atomic mass is 9.86. The molecule has 1 heterocycles. The Labute approximate surface area is 346 Å². The zero-order chi connectivity index (χ0) is 40.2. The van der Waals surface area contributed by atoms with Crippen LogP contribution in [0, 0.1) is 11.6 Å². The van der Waals surface area contributed by atoms with Gasteiger partial charge in [0.2, 0.25) is 0 Å². The standard InChI is InChI=1S/C56H36F2N2/c57-41-14-10-16-45(35-41)59(46-17-11-15-42(58)36-46)43-29-24-37(25-30-43)40-28-33-54-52(34-40)47-18-8-9-23-53(47)60(54)44-31-26-39(27-32-44)56-50-21-6-4-19-48(50)55(38-12-2-1-3-13-38)49-20-5-7-22-51(49)56/h1-36H. The van der Waals surface area contributed by atoms with Crippen molar-refractivity contribution in [3.63, 3.8) is 0 Å². The minimum atomic E-state index is -0.356. The van der Waals surface area contributed by atoms with Gasteiger partial charge in [0.25, 0.3) is 0 Å². The minimum Gasteiger partial charge on any atom is -0.310 e. The fourth-order valence-corrected chi connectivity index (χ4v) is 9.04. The molecule has 4 heteroatoms. The first-order valence-corrected chi connectivity index (χ1v) is 20.1. The van der Waals surface area contributed by atoms with Gasteiger partial charge in [-0.3, -0.25) is 0 Å². The second-order valence-electron chi connectivity index (χ2n) is 15.2. The summed E-state index contributed by atoms with van der Waals surface area (Å²) in [6.07, 6.45) is 0. The lowest BCUT2D eigenvalue weighted by Gasteiger charge is -2.25. The van der Waals surface area contributed by atoms with Crippen LogP contribution in [0.3, 0.4) is 0 Å². The van der Waals surface area contributed by atoms with Crippen molar-refractivity contribution in [2.24, 2.45) is 0 Å². The molecule has 284 valence electrons. The van der Waals surface area contributed by atoms with Crippen LogP contribution in [0.5, 0.6) is 0 Å². The van der Waals surface area contributed by atoms with Gasteiger partial charge >= 0.3 is 0 Å². The zero-order valence-electron chi connectivity index (χ0n) is 32.4. The number of aromatic nitrogens is 1. The third-order valence-electron chi connectivity index (χ3n) is 11.7.